The van der Waals surface area contributed by atoms with Crippen molar-refractivity contribution >= 4 is 55.8 Å². The smallest absolute Gasteiger partial charge is 0.325 e. The molecule has 4 aromatic carbocycles. The molecule has 50 heavy (non-hydrogen) atoms. The lowest BCUT2D eigenvalue weighted by Crippen LogP contribution is -2.12. The second-order valence-corrected chi connectivity index (χ2v) is 11.6. The van der Waals surface area contributed by atoms with Crippen molar-refractivity contribution in [1.29, 1.82) is 0 Å². The molecule has 0 saturated heterocycles. The van der Waals surface area contributed by atoms with Gasteiger partial charge in [-0.2, -0.15) is 10.2 Å². The van der Waals surface area contributed by atoms with E-state index in [0.29, 0.717) is 45.4 Å². The van der Waals surface area contributed by atoms with Gasteiger partial charge in [-0.3, -0.25) is 19.0 Å². The van der Waals surface area contributed by atoms with Crippen LogP contribution in [0.3, 0.4) is 0 Å². The van der Waals surface area contributed by atoms with Crippen LogP contribution in [-0.2, 0) is 41.5 Å². The summed E-state index contributed by atoms with van der Waals surface area (Å²) in [6.45, 7) is 1.96. The van der Waals surface area contributed by atoms with Crippen molar-refractivity contribution in [3.63, 3.8) is 0 Å². The topological polar surface area (TPSA) is 135 Å². The molecule has 0 amide bonds. The Morgan fingerprint density at radius 3 is 1.64 bits per heavy atom. The molecule has 0 atom stereocenters. The Hall–Kier alpha value is -6.44. The maximum atomic E-state index is 14.7. The molecule has 0 aliphatic heterocycles. The summed E-state index contributed by atoms with van der Waals surface area (Å²) in [5, 5.41) is 18.8. The number of carbonyl (C=O) groups is 2. The fourth-order valence-corrected chi connectivity index (χ4v) is 6.11. The second kappa shape index (κ2) is 12.9. The summed E-state index contributed by atoms with van der Waals surface area (Å²) < 4.78 is 40.9. The lowest BCUT2D eigenvalue weighted by atomic mass is 10.0. The summed E-state index contributed by atoms with van der Waals surface area (Å²) in [5.41, 5.74) is 6.42. The lowest BCUT2D eigenvalue weighted by Gasteiger charge is -2.08. The first-order chi connectivity index (χ1) is 24.1. The van der Waals surface area contributed by atoms with E-state index in [1.165, 1.54) is 23.0 Å². The minimum Gasteiger partial charge on any atom is -0.480 e. The average molecular weight is 677 g/mol. The molecule has 1 N–H and O–H groups in total. The molecule has 0 spiro atoms. The number of halogens is 2. The van der Waals surface area contributed by atoms with Crippen LogP contribution in [0.4, 0.5) is 8.78 Å². The Labute approximate surface area is 282 Å². The third kappa shape index (κ3) is 5.80. The summed E-state index contributed by atoms with van der Waals surface area (Å²) in [6.07, 6.45) is 6.29. The van der Waals surface area contributed by atoms with Gasteiger partial charge in [0, 0.05) is 47.1 Å². The number of nitrogens with zero attached hydrogens (tertiary/aromatic N) is 8. The van der Waals surface area contributed by atoms with E-state index in [1.807, 2.05) is 25.2 Å². The normalized spacial score (nSPS) is 11.4. The van der Waals surface area contributed by atoms with Crippen molar-refractivity contribution in [2.45, 2.75) is 20.0 Å². The number of aryl methyl sites for hydroxylation is 2. The van der Waals surface area contributed by atoms with Gasteiger partial charge in [-0.25, -0.2) is 18.7 Å². The van der Waals surface area contributed by atoms with Gasteiger partial charge in [-0.15, -0.1) is 0 Å². The van der Waals surface area contributed by atoms with Gasteiger partial charge < -0.3 is 19.0 Å². The minimum atomic E-state index is -0.956. The number of aliphatic carboxylic acids is 1. The first-order valence-electron chi connectivity index (χ1n) is 15.6. The van der Waals surface area contributed by atoms with E-state index in [9.17, 15) is 18.4 Å². The number of ether oxygens (including phenoxy) is 1. The van der Waals surface area contributed by atoms with E-state index >= 15 is 0 Å². The largest absolute Gasteiger partial charge is 0.480 e. The Morgan fingerprint density at radius 2 is 1.18 bits per heavy atom. The molecule has 252 valence electrons. The highest BCUT2D eigenvalue weighted by molar-refractivity contribution is 5.97. The second-order valence-electron chi connectivity index (χ2n) is 11.6. The number of imidazole rings is 2. The van der Waals surface area contributed by atoms with Crippen LogP contribution in [0.25, 0.3) is 66.1 Å². The molecule has 0 aliphatic rings. The molecule has 0 unspecified atom stereocenters. The number of hydrogen-bond acceptors (Lipinski definition) is 7. The van der Waals surface area contributed by atoms with Gasteiger partial charge in [0.2, 0.25) is 0 Å². The SMILES string of the molecule is CCOC(=O)Cn1cnc2c(-c3cc4c(cnn4C)cc3F)cccc21.Cn1ncc2cc(F)c(-c3cccc4c3ncn4CC(=O)O)cc21. The van der Waals surface area contributed by atoms with Crippen molar-refractivity contribution in [2.24, 2.45) is 14.1 Å². The number of esters is 1. The fourth-order valence-electron chi connectivity index (χ4n) is 6.11. The van der Waals surface area contributed by atoms with Gasteiger partial charge in [0.25, 0.3) is 0 Å². The van der Waals surface area contributed by atoms with Crippen LogP contribution in [-0.4, -0.2) is 62.3 Å². The summed E-state index contributed by atoms with van der Waals surface area (Å²) in [7, 11) is 3.62. The average Bonchev–Trinajstić information content (AvgIpc) is 3.87. The molecular weight excluding hydrogens is 646 g/mol. The van der Waals surface area contributed by atoms with Crippen molar-refractivity contribution in [2.75, 3.05) is 6.61 Å². The summed E-state index contributed by atoms with van der Waals surface area (Å²) >= 11 is 0. The molecule has 0 aliphatic carbocycles. The zero-order valence-electron chi connectivity index (χ0n) is 27.2. The van der Waals surface area contributed by atoms with E-state index < -0.39 is 5.97 Å². The number of carbonyl (C=O) groups excluding carboxylic acids is 1. The van der Waals surface area contributed by atoms with Crippen LogP contribution in [0.1, 0.15) is 6.92 Å². The van der Waals surface area contributed by atoms with Crippen molar-refractivity contribution in [1.82, 2.24) is 38.7 Å². The van der Waals surface area contributed by atoms with E-state index in [4.69, 9.17) is 9.84 Å². The first-order valence-corrected chi connectivity index (χ1v) is 15.6. The number of benzene rings is 4. The van der Waals surface area contributed by atoms with Gasteiger partial charge in [0.15, 0.2) is 0 Å². The van der Waals surface area contributed by atoms with Crippen LogP contribution in [0.5, 0.6) is 0 Å². The summed E-state index contributed by atoms with van der Waals surface area (Å²) in [6, 6.07) is 17.3. The van der Waals surface area contributed by atoms with Crippen LogP contribution in [0, 0.1) is 11.6 Å². The maximum absolute atomic E-state index is 14.7. The quantitative estimate of drug-likeness (QED) is 0.200. The van der Waals surface area contributed by atoms with Crippen molar-refractivity contribution in [3.05, 3.63) is 97.3 Å². The van der Waals surface area contributed by atoms with E-state index in [2.05, 4.69) is 20.2 Å². The highest BCUT2D eigenvalue weighted by Crippen LogP contribution is 2.34. The van der Waals surface area contributed by atoms with E-state index in [-0.39, 0.29) is 30.7 Å². The van der Waals surface area contributed by atoms with Gasteiger partial charge in [-0.1, -0.05) is 24.3 Å². The number of carboxylic acid groups (broad SMARTS) is 1. The highest BCUT2D eigenvalue weighted by Gasteiger charge is 2.17. The number of para-hydroxylation sites is 2. The van der Waals surface area contributed by atoms with Gasteiger partial charge >= 0.3 is 11.9 Å². The van der Waals surface area contributed by atoms with Crippen LogP contribution in [0.15, 0.2) is 85.7 Å². The van der Waals surface area contributed by atoms with Gasteiger partial charge in [-0.05, 0) is 43.3 Å². The number of rotatable bonds is 7. The van der Waals surface area contributed by atoms with Crippen LogP contribution < -0.4 is 0 Å². The Balaban J connectivity index is 0.000000157. The van der Waals surface area contributed by atoms with E-state index in [0.717, 1.165) is 27.3 Å². The van der Waals surface area contributed by atoms with E-state index in [1.54, 1.807) is 77.0 Å². The van der Waals surface area contributed by atoms with Gasteiger partial charge in [0.1, 0.15) is 24.7 Å². The molecule has 4 aromatic heterocycles. The predicted molar refractivity (Wildman–Crippen MR) is 183 cm³/mol. The number of aromatic nitrogens is 8. The first kappa shape index (κ1) is 32.1. The molecule has 8 aromatic rings. The molecular formula is C36H30F2N8O4. The monoisotopic (exact) mass is 676 g/mol. The molecule has 4 heterocycles. The zero-order valence-corrected chi connectivity index (χ0v) is 27.2. The van der Waals surface area contributed by atoms with Crippen LogP contribution >= 0.6 is 0 Å². The van der Waals surface area contributed by atoms with Gasteiger partial charge in [0.05, 0.1) is 64.8 Å². The molecule has 8 rings (SSSR count). The number of fused-ring (bicyclic) bond motifs is 4. The Bertz CT molecular complexity index is 2580. The predicted octanol–water partition coefficient (Wildman–Crippen LogP) is 6.11. The Morgan fingerprint density at radius 1 is 0.700 bits per heavy atom. The summed E-state index contributed by atoms with van der Waals surface area (Å²) in [4.78, 5) is 31.4. The molecule has 0 saturated carbocycles. The van der Waals surface area contributed by atoms with Crippen LogP contribution in [0.2, 0.25) is 0 Å². The highest BCUT2D eigenvalue weighted by atomic mass is 19.1. The molecule has 0 radical (unpaired) electrons. The molecule has 0 bridgehead atoms. The third-order valence-corrected chi connectivity index (χ3v) is 8.46. The summed E-state index contributed by atoms with van der Waals surface area (Å²) in [5.74, 6) is -1.99. The van der Waals surface area contributed by atoms with Crippen molar-refractivity contribution < 1.29 is 28.2 Å². The molecule has 14 heteroatoms. The Kier molecular flexibility index (Phi) is 8.27. The minimum absolute atomic E-state index is 0.0665. The number of hydrogen-bond donors (Lipinski definition) is 1. The lowest BCUT2D eigenvalue weighted by molar-refractivity contribution is -0.143. The molecule has 0 fully saturated rings. The third-order valence-electron chi connectivity index (χ3n) is 8.46. The maximum Gasteiger partial charge on any atom is 0.325 e. The zero-order chi connectivity index (χ0) is 35.1. The fraction of sp³-hybridized carbons (Fsp3) is 0.167. The number of carboxylic acids is 1. The molecule has 12 nitrogen and oxygen atoms in total. The standard InChI is InChI=1S/C19H17FN4O2.C17H13FN4O2/c1-3-26-18(25)10-24-11-21-19-13(5-4-6-16(19)24)14-8-17-12(7-15(14)20)9-22-23(17)2;1-21-15-6-12(13(18)5-10(15)7-20-21)11-3-2-4-14-17(11)19-9-22(14)8-16(23)24/h4-9,11H,3,10H2,1-2H3;2-7,9H,8H2,1H3,(H,23,24). The van der Waals surface area contributed by atoms with Crippen molar-refractivity contribution in [3.8, 4) is 22.3 Å².